The average molecular weight is 567 g/mol. The maximum atomic E-state index is 13.5. The Hall–Kier alpha value is -4.38. The van der Waals surface area contributed by atoms with Gasteiger partial charge in [-0.05, 0) is 93.9 Å². The molecule has 0 atom stereocenters. The molecular weight excluding hydrogens is 532 g/mol. The second-order valence-corrected chi connectivity index (χ2v) is 11.0. The molecule has 0 spiro atoms. The summed E-state index contributed by atoms with van der Waals surface area (Å²) in [6.07, 6.45) is 1.42. The number of rotatable bonds is 13. The summed E-state index contributed by atoms with van der Waals surface area (Å²) < 4.78 is 38.9. The van der Waals surface area contributed by atoms with Crippen LogP contribution in [-0.2, 0) is 19.6 Å². The van der Waals surface area contributed by atoms with Crippen molar-refractivity contribution >= 4 is 33.7 Å². The van der Waals surface area contributed by atoms with Crippen LogP contribution in [0.5, 0.6) is 11.5 Å². The normalized spacial score (nSPS) is 11.3. The van der Waals surface area contributed by atoms with E-state index >= 15 is 0 Å². The fourth-order valence-corrected chi connectivity index (χ4v) is 4.96. The first-order valence-electron chi connectivity index (χ1n) is 12.7. The van der Waals surface area contributed by atoms with Crippen LogP contribution < -0.4 is 24.5 Å². The van der Waals surface area contributed by atoms with Crippen molar-refractivity contribution in [2.75, 3.05) is 24.1 Å². The predicted octanol–water partition coefficient (Wildman–Crippen LogP) is 3.64. The summed E-state index contributed by atoms with van der Waals surface area (Å²) in [6, 6.07) is 19.7. The minimum atomic E-state index is -4.07. The minimum Gasteiger partial charge on any atom is -0.494 e. The molecule has 11 heteroatoms. The fraction of sp³-hybridized carbons (Fsp3) is 0.276. The maximum absolute atomic E-state index is 13.5. The number of ether oxygens (including phenoxy) is 2. The van der Waals surface area contributed by atoms with E-state index < -0.39 is 22.5 Å². The molecule has 0 aliphatic heterocycles. The van der Waals surface area contributed by atoms with Crippen LogP contribution in [0, 0.1) is 6.92 Å². The van der Waals surface area contributed by atoms with Crippen LogP contribution in [0.4, 0.5) is 5.69 Å². The van der Waals surface area contributed by atoms with Crippen LogP contribution >= 0.6 is 0 Å². The Bertz CT molecular complexity index is 1400. The van der Waals surface area contributed by atoms with Gasteiger partial charge in [-0.3, -0.25) is 13.9 Å². The molecule has 0 unspecified atom stereocenters. The second kappa shape index (κ2) is 14.1. The van der Waals surface area contributed by atoms with Crippen molar-refractivity contribution in [3.8, 4) is 11.5 Å². The first-order chi connectivity index (χ1) is 19.1. The summed E-state index contributed by atoms with van der Waals surface area (Å²) in [5.41, 5.74) is 4.34. The number of amides is 2. The topological polar surface area (TPSA) is 126 Å². The fourth-order valence-electron chi connectivity index (χ4n) is 3.54. The second-order valence-electron chi connectivity index (χ2n) is 9.12. The predicted molar refractivity (Wildman–Crippen MR) is 154 cm³/mol. The van der Waals surface area contributed by atoms with Crippen molar-refractivity contribution in [2.24, 2.45) is 5.10 Å². The monoisotopic (exact) mass is 566 g/mol. The van der Waals surface area contributed by atoms with Gasteiger partial charge < -0.3 is 14.8 Å². The number of carbonyl (C=O) groups is 2. The Labute approximate surface area is 235 Å². The lowest BCUT2D eigenvalue weighted by Gasteiger charge is -2.24. The van der Waals surface area contributed by atoms with Crippen molar-refractivity contribution in [3.63, 3.8) is 0 Å². The molecule has 10 nitrogen and oxygen atoms in total. The van der Waals surface area contributed by atoms with Crippen LogP contribution in [0.25, 0.3) is 0 Å². The molecule has 212 valence electrons. The highest BCUT2D eigenvalue weighted by molar-refractivity contribution is 7.92. The molecule has 0 bridgehead atoms. The van der Waals surface area contributed by atoms with E-state index in [1.165, 1.54) is 18.3 Å². The molecular formula is C29H34N4O6S. The molecule has 0 saturated heterocycles. The summed E-state index contributed by atoms with van der Waals surface area (Å²) in [5.74, 6) is 0.218. The van der Waals surface area contributed by atoms with Crippen LogP contribution in [-0.4, -0.2) is 52.2 Å². The molecule has 3 aromatic rings. The van der Waals surface area contributed by atoms with E-state index in [2.05, 4.69) is 15.8 Å². The lowest BCUT2D eigenvalue weighted by atomic mass is 10.2. The summed E-state index contributed by atoms with van der Waals surface area (Å²) in [7, 11) is -4.07. The smallest absolute Gasteiger partial charge is 0.264 e. The maximum Gasteiger partial charge on any atom is 0.264 e. The average Bonchev–Trinajstić information content (AvgIpc) is 2.92. The number of benzene rings is 3. The van der Waals surface area contributed by atoms with Crippen LogP contribution in [0.2, 0.25) is 0 Å². The van der Waals surface area contributed by atoms with E-state index in [1.54, 1.807) is 60.7 Å². The third kappa shape index (κ3) is 8.84. The molecule has 2 N–H and O–H groups in total. The standard InChI is InChI=1S/C29H34N4O6S/c1-5-38-25-14-16-27(17-15-25)40(36,37)33(24-10-6-22(4)7-11-24)19-28(34)32-30-18-23-8-12-26(13-9-23)39-20-29(35)31-21(2)3/h6-18,21H,5,19-20H2,1-4H3,(H,31,35)(H,32,34)/b30-18+. The zero-order valence-electron chi connectivity index (χ0n) is 23.0. The van der Waals surface area contributed by atoms with E-state index in [9.17, 15) is 18.0 Å². The quantitative estimate of drug-likeness (QED) is 0.240. The molecule has 0 aromatic heterocycles. The minimum absolute atomic E-state index is 0.0248. The van der Waals surface area contributed by atoms with Gasteiger partial charge in [0.05, 0.1) is 23.4 Å². The van der Waals surface area contributed by atoms with Gasteiger partial charge in [0.1, 0.15) is 18.0 Å². The molecule has 3 aromatic carbocycles. The Kier molecular flexibility index (Phi) is 10.7. The van der Waals surface area contributed by atoms with Gasteiger partial charge in [0, 0.05) is 6.04 Å². The SMILES string of the molecule is CCOc1ccc(S(=O)(=O)N(CC(=O)N/N=C/c2ccc(OCC(=O)NC(C)C)cc2)c2ccc(C)cc2)cc1. The summed E-state index contributed by atoms with van der Waals surface area (Å²) >= 11 is 0. The Morgan fingerprint density at radius 1 is 0.900 bits per heavy atom. The molecule has 0 aliphatic carbocycles. The Balaban J connectivity index is 1.67. The third-order valence-electron chi connectivity index (χ3n) is 5.43. The van der Waals surface area contributed by atoms with Crippen molar-refractivity contribution in [2.45, 2.75) is 38.6 Å². The van der Waals surface area contributed by atoms with E-state index in [4.69, 9.17) is 9.47 Å². The highest BCUT2D eigenvalue weighted by Gasteiger charge is 2.27. The Morgan fingerprint density at radius 2 is 1.50 bits per heavy atom. The van der Waals surface area contributed by atoms with Gasteiger partial charge in [0.2, 0.25) is 0 Å². The summed E-state index contributed by atoms with van der Waals surface area (Å²) in [5, 5.41) is 6.70. The van der Waals surface area contributed by atoms with Crippen LogP contribution in [0.15, 0.2) is 82.8 Å². The molecule has 0 heterocycles. The zero-order chi connectivity index (χ0) is 29.1. The lowest BCUT2D eigenvalue weighted by molar-refractivity contribution is -0.123. The van der Waals surface area contributed by atoms with Crippen molar-refractivity contribution < 1.29 is 27.5 Å². The molecule has 0 fully saturated rings. The van der Waals surface area contributed by atoms with Gasteiger partial charge in [0.15, 0.2) is 6.61 Å². The largest absolute Gasteiger partial charge is 0.494 e. The molecule has 2 amide bonds. The van der Waals surface area contributed by atoms with Crippen molar-refractivity contribution in [1.82, 2.24) is 10.7 Å². The highest BCUT2D eigenvalue weighted by Crippen LogP contribution is 2.25. The Morgan fingerprint density at radius 3 is 2.10 bits per heavy atom. The zero-order valence-corrected chi connectivity index (χ0v) is 23.8. The van der Waals surface area contributed by atoms with Gasteiger partial charge in [-0.2, -0.15) is 5.10 Å². The van der Waals surface area contributed by atoms with Gasteiger partial charge in [-0.15, -0.1) is 0 Å². The first-order valence-corrected chi connectivity index (χ1v) is 14.2. The van der Waals surface area contributed by atoms with E-state index in [0.717, 1.165) is 9.87 Å². The van der Waals surface area contributed by atoms with E-state index in [0.29, 0.717) is 29.4 Å². The highest BCUT2D eigenvalue weighted by atomic mass is 32.2. The van der Waals surface area contributed by atoms with E-state index in [1.807, 2.05) is 27.7 Å². The molecule has 3 rings (SSSR count). The lowest BCUT2D eigenvalue weighted by Crippen LogP contribution is -2.39. The van der Waals surface area contributed by atoms with Gasteiger partial charge >= 0.3 is 0 Å². The van der Waals surface area contributed by atoms with Gasteiger partial charge in [-0.1, -0.05) is 17.7 Å². The number of hydrazone groups is 1. The van der Waals surface area contributed by atoms with Crippen LogP contribution in [0.3, 0.4) is 0 Å². The van der Waals surface area contributed by atoms with Gasteiger partial charge in [0.25, 0.3) is 21.8 Å². The molecule has 0 saturated carbocycles. The first kappa shape index (κ1) is 30.2. The summed E-state index contributed by atoms with van der Waals surface area (Å²) in [4.78, 5) is 24.5. The van der Waals surface area contributed by atoms with Crippen LogP contribution in [0.1, 0.15) is 31.9 Å². The number of nitrogens with one attached hydrogen (secondary N) is 2. The number of nitrogens with zero attached hydrogens (tertiary/aromatic N) is 2. The third-order valence-corrected chi connectivity index (χ3v) is 7.22. The van der Waals surface area contributed by atoms with Crippen molar-refractivity contribution in [3.05, 3.63) is 83.9 Å². The summed E-state index contributed by atoms with van der Waals surface area (Å²) in [6.45, 7) is 7.33. The number of hydrogen-bond donors (Lipinski definition) is 2. The van der Waals surface area contributed by atoms with Gasteiger partial charge in [-0.25, -0.2) is 13.8 Å². The molecule has 0 aliphatic rings. The number of aryl methyl sites for hydroxylation is 1. The molecule has 0 radical (unpaired) electrons. The molecule has 40 heavy (non-hydrogen) atoms. The number of hydrogen-bond acceptors (Lipinski definition) is 7. The number of anilines is 1. The van der Waals surface area contributed by atoms with Crippen molar-refractivity contribution in [1.29, 1.82) is 0 Å². The van der Waals surface area contributed by atoms with E-state index in [-0.39, 0.29) is 23.5 Å². The number of sulfonamides is 1. The number of carbonyl (C=O) groups excluding carboxylic acids is 2.